The van der Waals surface area contributed by atoms with Crippen LogP contribution in [0.2, 0.25) is 0 Å². The van der Waals surface area contributed by atoms with Gasteiger partial charge in [-0.1, -0.05) is 65.3 Å². The summed E-state index contributed by atoms with van der Waals surface area (Å²) in [6.07, 6.45) is 4.03. The van der Waals surface area contributed by atoms with Crippen LogP contribution < -0.4 is 5.32 Å². The lowest BCUT2D eigenvalue weighted by molar-refractivity contribution is -0.154. The second-order valence-electron chi connectivity index (χ2n) is 13.0. The highest BCUT2D eigenvalue weighted by Gasteiger charge is 2.77. The number of benzene rings is 1. The van der Waals surface area contributed by atoms with Crippen LogP contribution in [0.4, 0.5) is 0 Å². The first-order valence-corrected chi connectivity index (χ1v) is 16.6. The molecule has 1 unspecified atom stereocenters. The largest absolute Gasteiger partial charge is 0.463 e. The summed E-state index contributed by atoms with van der Waals surface area (Å²) >= 11 is 3.71. The van der Waals surface area contributed by atoms with Gasteiger partial charge >= 0.3 is 5.97 Å². The Morgan fingerprint density at radius 3 is 2.51 bits per heavy atom. The van der Waals surface area contributed by atoms with Gasteiger partial charge in [-0.2, -0.15) is 0 Å². The second-order valence-corrected chi connectivity index (χ2v) is 14.2. The molecule has 10 nitrogen and oxygen atoms in total. The smallest absolute Gasteiger partial charge is 0.306 e. The number of nitrogens with one attached hydrogen (secondary N) is 1. The van der Waals surface area contributed by atoms with Crippen LogP contribution in [0.3, 0.4) is 0 Å². The number of hydrogen-bond acceptors (Lipinski definition) is 7. The summed E-state index contributed by atoms with van der Waals surface area (Å²) in [6.45, 7) is 14.9. The highest BCUT2D eigenvalue weighted by molar-refractivity contribution is 9.09. The molecular formula is C34H46BrN3O7. The number of alkyl halides is 1. The highest BCUT2D eigenvalue weighted by Crippen LogP contribution is 2.60. The normalized spacial score (nSPS) is 28.3. The first-order chi connectivity index (χ1) is 21.4. The SMILES string of the molecule is C=CCCC(=O)OC[C@H](NC(=O)[C@@H]1[C@H]2O[C@@]3(CC2Br)[C@H](C(=O)N(CC=C)C(C)(C)C)N([C@@H](CC)CO)C(=O)[C@@H]13)c1ccccc1. The van der Waals surface area contributed by atoms with E-state index in [9.17, 15) is 24.3 Å². The molecule has 0 radical (unpaired) electrons. The molecule has 0 aliphatic carbocycles. The van der Waals surface area contributed by atoms with Crippen molar-refractivity contribution >= 4 is 39.6 Å². The van der Waals surface area contributed by atoms with Crippen molar-refractivity contribution in [3.8, 4) is 0 Å². The monoisotopic (exact) mass is 687 g/mol. The predicted octanol–water partition coefficient (Wildman–Crippen LogP) is 3.69. The molecule has 0 aromatic heterocycles. The van der Waals surface area contributed by atoms with Gasteiger partial charge in [-0.15, -0.1) is 13.2 Å². The summed E-state index contributed by atoms with van der Waals surface area (Å²) in [5.74, 6) is -3.38. The first-order valence-electron chi connectivity index (χ1n) is 15.6. The van der Waals surface area contributed by atoms with Crippen LogP contribution in [-0.2, 0) is 28.7 Å². The van der Waals surface area contributed by atoms with Gasteiger partial charge in [0.15, 0.2) is 0 Å². The van der Waals surface area contributed by atoms with Crippen molar-refractivity contribution in [1.29, 1.82) is 0 Å². The number of halogens is 1. The third-order valence-corrected chi connectivity index (χ3v) is 10.1. The average Bonchev–Trinajstić information content (AvgIpc) is 3.60. The second kappa shape index (κ2) is 14.2. The third kappa shape index (κ3) is 6.62. The van der Waals surface area contributed by atoms with Crippen molar-refractivity contribution in [3.63, 3.8) is 0 Å². The van der Waals surface area contributed by atoms with Crippen LogP contribution in [0.5, 0.6) is 0 Å². The molecule has 2 N–H and O–H groups in total. The number of fused-ring (bicyclic) bond motifs is 1. The number of likely N-dealkylation sites (tertiary alicyclic amines) is 1. The van der Waals surface area contributed by atoms with Crippen LogP contribution in [0.25, 0.3) is 0 Å². The standard InChI is InChI=1S/C34H46BrN3O7/c1-7-10-16-25(40)44-20-24(21-14-12-11-13-15-21)36-30(41)26-27-31(42)38(22(9-3)19-39)29(34(27)18-23(35)28(26)45-34)32(43)37(17-8-2)33(4,5)6/h7-8,11-15,22-24,26-29,39H,1-2,9-10,16-20H2,3-6H3,(H,36,41)/t22-,23?,24-,26-,27+,28-,29-,34+/m0/s1. The number of aliphatic hydroxyl groups is 1. The molecule has 45 heavy (non-hydrogen) atoms. The van der Waals surface area contributed by atoms with Crippen LogP contribution in [0.1, 0.15) is 65.0 Å². The number of hydrogen-bond donors (Lipinski definition) is 2. The van der Waals surface area contributed by atoms with E-state index in [-0.39, 0.29) is 42.8 Å². The number of carbonyl (C=O) groups excluding carboxylic acids is 4. The number of aliphatic hydroxyl groups excluding tert-OH is 1. The van der Waals surface area contributed by atoms with E-state index in [1.807, 2.05) is 58.0 Å². The van der Waals surface area contributed by atoms with Gasteiger partial charge in [-0.3, -0.25) is 19.2 Å². The van der Waals surface area contributed by atoms with Crippen molar-refractivity contribution in [2.24, 2.45) is 11.8 Å². The van der Waals surface area contributed by atoms with Gasteiger partial charge in [0.2, 0.25) is 17.7 Å². The molecule has 8 atom stereocenters. The fraction of sp³-hybridized carbons (Fsp3) is 0.588. The van der Waals surface area contributed by atoms with Gasteiger partial charge in [0.05, 0.1) is 36.6 Å². The summed E-state index contributed by atoms with van der Waals surface area (Å²) in [4.78, 5) is 58.4. The Bertz CT molecular complexity index is 1280. The molecule has 3 aliphatic rings. The molecule has 3 amide bonds. The molecule has 3 heterocycles. The van der Waals surface area contributed by atoms with Crippen molar-refractivity contribution in [2.45, 2.75) is 93.6 Å². The van der Waals surface area contributed by atoms with E-state index < -0.39 is 59.1 Å². The summed E-state index contributed by atoms with van der Waals surface area (Å²) in [5, 5.41) is 13.4. The number of rotatable bonds is 14. The van der Waals surface area contributed by atoms with Gasteiger partial charge in [-0.25, -0.2) is 0 Å². The Labute approximate surface area is 274 Å². The Morgan fingerprint density at radius 1 is 1.24 bits per heavy atom. The average molecular weight is 689 g/mol. The molecule has 11 heteroatoms. The zero-order chi connectivity index (χ0) is 33.1. The molecule has 3 fully saturated rings. The Morgan fingerprint density at radius 2 is 1.93 bits per heavy atom. The van der Waals surface area contributed by atoms with E-state index in [0.29, 0.717) is 19.3 Å². The maximum atomic E-state index is 14.5. The van der Waals surface area contributed by atoms with Gasteiger partial charge < -0.3 is 29.7 Å². The van der Waals surface area contributed by atoms with Crippen molar-refractivity contribution in [1.82, 2.24) is 15.1 Å². The minimum atomic E-state index is -1.28. The van der Waals surface area contributed by atoms with E-state index in [1.165, 1.54) is 4.90 Å². The number of nitrogens with zero attached hydrogens (tertiary/aromatic N) is 2. The predicted molar refractivity (Wildman–Crippen MR) is 173 cm³/mol. The number of allylic oxidation sites excluding steroid dienone is 1. The highest BCUT2D eigenvalue weighted by atomic mass is 79.9. The van der Waals surface area contributed by atoms with Crippen LogP contribution in [0.15, 0.2) is 55.6 Å². The van der Waals surface area contributed by atoms with E-state index in [1.54, 1.807) is 17.1 Å². The van der Waals surface area contributed by atoms with E-state index >= 15 is 0 Å². The maximum absolute atomic E-state index is 14.5. The van der Waals surface area contributed by atoms with Crippen molar-refractivity contribution in [2.75, 3.05) is 19.8 Å². The number of esters is 1. The number of carbonyl (C=O) groups is 4. The van der Waals surface area contributed by atoms with Gasteiger partial charge in [0.25, 0.3) is 0 Å². The minimum absolute atomic E-state index is 0.0940. The van der Waals surface area contributed by atoms with E-state index in [4.69, 9.17) is 9.47 Å². The molecular weight excluding hydrogens is 642 g/mol. The molecule has 1 aromatic rings. The molecule has 0 saturated carbocycles. The first kappa shape index (κ1) is 34.8. The Kier molecular flexibility index (Phi) is 11.0. The molecule has 246 valence electrons. The summed E-state index contributed by atoms with van der Waals surface area (Å²) in [7, 11) is 0. The lowest BCUT2D eigenvalue weighted by atomic mass is 9.70. The number of ether oxygens (including phenoxy) is 2. The van der Waals surface area contributed by atoms with Crippen molar-refractivity contribution in [3.05, 3.63) is 61.2 Å². The molecule has 4 rings (SSSR count). The molecule has 3 aliphatic heterocycles. The summed E-state index contributed by atoms with van der Waals surface area (Å²) in [6, 6.07) is 6.83. The Balaban J connectivity index is 1.71. The maximum Gasteiger partial charge on any atom is 0.306 e. The minimum Gasteiger partial charge on any atom is -0.463 e. The Hall–Kier alpha value is -3.02. The number of amides is 3. The fourth-order valence-corrected chi connectivity index (χ4v) is 8.01. The molecule has 2 bridgehead atoms. The van der Waals surface area contributed by atoms with Crippen molar-refractivity contribution < 1.29 is 33.8 Å². The quantitative estimate of drug-likeness (QED) is 0.174. The van der Waals surface area contributed by atoms with Crippen LogP contribution in [-0.4, -0.2) is 92.5 Å². The van der Waals surface area contributed by atoms with Gasteiger partial charge in [-0.05, 0) is 45.6 Å². The van der Waals surface area contributed by atoms with E-state index in [2.05, 4.69) is 34.4 Å². The van der Waals surface area contributed by atoms with Crippen LogP contribution >= 0.6 is 15.9 Å². The van der Waals surface area contributed by atoms with E-state index in [0.717, 1.165) is 5.56 Å². The van der Waals surface area contributed by atoms with Gasteiger partial charge in [0, 0.05) is 23.3 Å². The molecule has 1 aromatic carbocycles. The zero-order valence-electron chi connectivity index (χ0n) is 26.6. The topological polar surface area (TPSA) is 125 Å². The third-order valence-electron chi connectivity index (χ3n) is 9.21. The lowest BCUT2D eigenvalue weighted by Crippen LogP contribution is -2.61. The van der Waals surface area contributed by atoms with Gasteiger partial charge in [0.1, 0.15) is 18.2 Å². The zero-order valence-corrected chi connectivity index (χ0v) is 28.2. The summed E-state index contributed by atoms with van der Waals surface area (Å²) < 4.78 is 12.2. The summed E-state index contributed by atoms with van der Waals surface area (Å²) in [5.41, 5.74) is -1.13. The molecule has 3 saturated heterocycles. The van der Waals surface area contributed by atoms with Crippen LogP contribution in [0, 0.1) is 11.8 Å². The molecule has 1 spiro atoms. The fourth-order valence-electron chi connectivity index (χ4n) is 7.07. The lowest BCUT2D eigenvalue weighted by Gasteiger charge is -2.43.